The number of hydrogen-bond donors (Lipinski definition) is 5. The molecule has 9 rings (SSSR count). The van der Waals surface area contributed by atoms with E-state index in [1.165, 1.54) is 26.0 Å². The van der Waals surface area contributed by atoms with Crippen molar-refractivity contribution in [2.45, 2.75) is 108 Å². The van der Waals surface area contributed by atoms with Gasteiger partial charge in [0.25, 0.3) is 5.91 Å². The second-order valence-electron chi connectivity index (χ2n) is 20.6. The SMILES string of the molecule is CC1=C2C(O)C(=O)[C@]3(C)C(OCOP(=O)(OCc4ccccc4)OCc4ccccc4)CC4OC[C@@]4(O)C3C(OC(=O)c3ccccc3)C(O)(CC1OC(=O)C(O)C(NC(=O)c1ccccc1)c1ccccc1)C2(C)C.[Ac].[Ac]. The van der Waals surface area contributed by atoms with E-state index in [2.05, 4.69) is 5.32 Å². The summed E-state index contributed by atoms with van der Waals surface area (Å²) < 4.78 is 56.9. The minimum absolute atomic E-state index is 0. The number of Topliss-reactive ketones (excluding diaryl/α,β-unsaturated/α-hetero) is 1. The van der Waals surface area contributed by atoms with E-state index >= 15 is 4.79 Å². The quantitative estimate of drug-likeness (QED) is 0.0254. The molecule has 2 saturated carbocycles. The van der Waals surface area contributed by atoms with Crippen LogP contribution in [0.15, 0.2) is 163 Å². The number of ether oxygens (including phenoxy) is 4. The number of hydrogen-bond acceptors (Lipinski definition) is 16. The van der Waals surface area contributed by atoms with Crippen LogP contribution >= 0.6 is 7.82 Å². The van der Waals surface area contributed by atoms with Crippen molar-refractivity contribution in [3.05, 3.63) is 191 Å². The molecular weight excluding hydrogens is 1450 g/mol. The third-order valence-corrected chi connectivity index (χ3v) is 17.1. The fraction of sp³-hybridized carbons (Fsp3) is 0.379. The van der Waals surface area contributed by atoms with Crippen molar-refractivity contribution >= 4 is 31.5 Å². The Morgan fingerprint density at radius 3 is 1.78 bits per heavy atom. The van der Waals surface area contributed by atoms with Gasteiger partial charge in [-0.15, -0.1) is 0 Å². The van der Waals surface area contributed by atoms with Crippen molar-refractivity contribution in [1.29, 1.82) is 0 Å². The standard InChI is InChI=1S/C58H62NO16P.2Ac/c1-36-42(74-54(65)48(61)46(39-24-14-7-15-25-39)59-52(63)40-26-16-8-17-27-40)31-58(67)51(75-53(64)41-28-18-9-19-29-41)49-56(4,50(62)47(60)45(36)55(58,2)3)43(30-44-57(49,66)34-69-44)70-35-73-76(68,71-32-37-20-10-5-11-21-37)72-33-38-22-12-6-13-23-38;;/h5-29,42-44,46-49,51,60-61,66-67H,30-35H2,1-4H3,(H,59,63);;/t42?,43?,44?,46?,47?,48?,49?,51?,56-,57+,58?;;/m1../s1. The molecule has 2 bridgehead atoms. The van der Waals surface area contributed by atoms with E-state index in [4.69, 9.17) is 32.5 Å². The Bertz CT molecular complexity index is 2930. The Morgan fingerprint density at radius 1 is 0.744 bits per heavy atom. The zero-order valence-electron chi connectivity index (χ0n) is 43.6. The monoisotopic (exact) mass is 1510 g/mol. The fourth-order valence-corrected chi connectivity index (χ4v) is 12.5. The predicted octanol–water partition coefficient (Wildman–Crippen LogP) is 7.13. The van der Waals surface area contributed by atoms with Crippen LogP contribution < -0.4 is 5.32 Å². The number of carbonyl (C=O) groups excluding carboxylic acids is 4. The average Bonchev–Trinajstić information content (AvgIpc) is 3.19. The predicted molar refractivity (Wildman–Crippen MR) is 273 cm³/mol. The first-order valence-electron chi connectivity index (χ1n) is 25.1. The first kappa shape index (κ1) is 62.3. The molecule has 406 valence electrons. The van der Waals surface area contributed by atoms with Gasteiger partial charge in [-0.1, -0.05) is 141 Å². The topological polar surface area (TPSA) is 243 Å². The van der Waals surface area contributed by atoms with Gasteiger partial charge in [0.2, 0.25) is 0 Å². The first-order chi connectivity index (χ1) is 36.3. The van der Waals surface area contributed by atoms with Crippen molar-refractivity contribution in [3.63, 3.8) is 0 Å². The van der Waals surface area contributed by atoms with Crippen LogP contribution in [0, 0.1) is 105 Å². The minimum atomic E-state index is -4.47. The summed E-state index contributed by atoms with van der Waals surface area (Å²) in [7, 11) is -4.47. The summed E-state index contributed by atoms with van der Waals surface area (Å²) in [6.07, 6.45) is -10.7. The van der Waals surface area contributed by atoms with Gasteiger partial charge in [-0.2, -0.15) is 0 Å². The van der Waals surface area contributed by atoms with Gasteiger partial charge < -0.3 is 44.7 Å². The maximum Gasteiger partial charge on any atom is 0.477 e. The van der Waals surface area contributed by atoms with Crippen LogP contribution in [0.3, 0.4) is 0 Å². The van der Waals surface area contributed by atoms with E-state index in [-0.39, 0.29) is 130 Å². The van der Waals surface area contributed by atoms with Crippen molar-refractivity contribution in [3.8, 4) is 0 Å². The van der Waals surface area contributed by atoms with Crippen LogP contribution in [0.4, 0.5) is 0 Å². The molecule has 0 aromatic heterocycles. The summed E-state index contributed by atoms with van der Waals surface area (Å²) >= 11 is 0. The van der Waals surface area contributed by atoms with E-state index in [0.717, 1.165) is 0 Å². The zero-order valence-corrected chi connectivity index (χ0v) is 54.0. The second kappa shape index (κ2) is 25.9. The van der Waals surface area contributed by atoms with Gasteiger partial charge >= 0.3 is 19.8 Å². The van der Waals surface area contributed by atoms with Gasteiger partial charge in [0.15, 0.2) is 18.7 Å². The number of aliphatic hydroxyl groups is 4. The molecule has 3 fully saturated rings. The first-order valence-corrected chi connectivity index (χ1v) is 26.5. The van der Waals surface area contributed by atoms with Crippen molar-refractivity contribution in [1.82, 2.24) is 5.32 Å². The normalized spacial score (nSPS) is 27.8. The molecule has 5 aromatic rings. The van der Waals surface area contributed by atoms with Gasteiger partial charge in [-0.25, -0.2) is 14.2 Å². The Balaban J connectivity index is 0.00000441. The zero-order chi connectivity index (χ0) is 54.0. The van der Waals surface area contributed by atoms with E-state index in [9.17, 15) is 39.4 Å². The maximum atomic E-state index is 15.7. The van der Waals surface area contributed by atoms with Gasteiger partial charge in [0.1, 0.15) is 29.5 Å². The van der Waals surface area contributed by atoms with Crippen LogP contribution in [0.5, 0.6) is 0 Å². The van der Waals surface area contributed by atoms with Gasteiger partial charge in [0.05, 0.1) is 49.0 Å². The van der Waals surface area contributed by atoms with Gasteiger partial charge in [-0.05, 0) is 65.9 Å². The third-order valence-electron chi connectivity index (χ3n) is 15.8. The molecular formula is C58H62Ac2NO16P. The Hall–Kier alpha value is -3.33. The maximum absolute atomic E-state index is 15.7. The number of aliphatic hydroxyl groups excluding tert-OH is 2. The molecule has 20 heteroatoms. The van der Waals surface area contributed by atoms with Crippen molar-refractivity contribution < 1.29 is 165 Å². The molecule has 2 radical (unpaired) electrons. The minimum Gasteiger partial charge on any atom is -0.456 e. The number of nitrogens with one attached hydrogen (secondary N) is 1. The van der Waals surface area contributed by atoms with Crippen LogP contribution in [0.25, 0.3) is 0 Å². The smallest absolute Gasteiger partial charge is 0.456 e. The summed E-state index contributed by atoms with van der Waals surface area (Å²) in [5.41, 5.74) is -6.15. The number of benzene rings is 5. The van der Waals surface area contributed by atoms with Crippen LogP contribution in [-0.2, 0) is 59.9 Å². The van der Waals surface area contributed by atoms with E-state index in [1.807, 2.05) is 12.1 Å². The number of esters is 2. The van der Waals surface area contributed by atoms with Crippen molar-refractivity contribution in [2.75, 3.05) is 13.4 Å². The molecule has 4 aliphatic rings. The van der Waals surface area contributed by atoms with Gasteiger partial charge in [-0.3, -0.25) is 23.2 Å². The molecule has 11 atom stereocenters. The number of fused-ring (bicyclic) bond motifs is 5. The van der Waals surface area contributed by atoms with Crippen LogP contribution in [0.2, 0.25) is 0 Å². The molecule has 5 N–H and O–H groups in total. The molecule has 78 heavy (non-hydrogen) atoms. The van der Waals surface area contributed by atoms with E-state index in [1.54, 1.807) is 141 Å². The molecule has 17 nitrogen and oxygen atoms in total. The van der Waals surface area contributed by atoms with Crippen LogP contribution in [0.1, 0.15) is 84.0 Å². The Labute approximate surface area is 524 Å². The number of amides is 1. The Morgan fingerprint density at radius 2 is 1.26 bits per heavy atom. The Kier molecular flexibility index (Phi) is 20.6. The number of phosphoric acid groups is 1. The molecule has 1 heterocycles. The van der Waals surface area contributed by atoms with Gasteiger partial charge in [0, 0.05) is 118 Å². The molecule has 9 unspecified atom stereocenters. The summed E-state index contributed by atoms with van der Waals surface area (Å²) in [4.78, 5) is 58.2. The molecule has 1 amide bonds. The molecule has 0 spiro atoms. The van der Waals surface area contributed by atoms with E-state index in [0.29, 0.717) is 16.7 Å². The second-order valence-corrected chi connectivity index (χ2v) is 22.2. The number of rotatable bonds is 18. The number of carbonyl (C=O) groups is 4. The molecule has 1 saturated heterocycles. The summed E-state index contributed by atoms with van der Waals surface area (Å²) in [6, 6.07) is 40.8. The number of ketones is 1. The number of phosphoric ester groups is 1. The largest absolute Gasteiger partial charge is 0.477 e. The molecule has 5 aromatic carbocycles. The van der Waals surface area contributed by atoms with E-state index < -0.39 is 122 Å². The van der Waals surface area contributed by atoms with Crippen LogP contribution in [-0.4, -0.2) is 105 Å². The summed E-state index contributed by atoms with van der Waals surface area (Å²) in [6.45, 7) is 4.52. The van der Waals surface area contributed by atoms with Crippen molar-refractivity contribution in [2.24, 2.45) is 16.7 Å². The fourth-order valence-electron chi connectivity index (χ4n) is 11.5. The average molecular weight is 1510 g/mol. The molecule has 3 aliphatic carbocycles. The summed E-state index contributed by atoms with van der Waals surface area (Å²) in [5.74, 6) is -5.33. The molecule has 1 aliphatic heterocycles. The third kappa shape index (κ3) is 12.4. The summed E-state index contributed by atoms with van der Waals surface area (Å²) in [5, 5.41) is 54.1.